The molecule has 0 N–H and O–H groups in total. The highest BCUT2D eigenvalue weighted by Gasteiger charge is 1.83. The molecule has 1 atom stereocenters. The maximum atomic E-state index is 5.46. The van der Waals surface area contributed by atoms with Crippen molar-refractivity contribution in [3.05, 3.63) is 0 Å². The second kappa shape index (κ2) is 25.1. The van der Waals surface area contributed by atoms with Gasteiger partial charge in [-0.2, -0.15) is 0 Å². The summed E-state index contributed by atoms with van der Waals surface area (Å²) >= 11 is 21.4. The molecule has 4 heteroatoms. The summed E-state index contributed by atoms with van der Waals surface area (Å²) in [6.45, 7) is 6.18. The van der Waals surface area contributed by atoms with E-state index in [2.05, 4.69) is 13.8 Å². The molecule has 0 aromatic rings. The van der Waals surface area contributed by atoms with Crippen molar-refractivity contribution in [3.63, 3.8) is 0 Å². The van der Waals surface area contributed by atoms with Crippen LogP contribution in [0.2, 0.25) is 0 Å². The van der Waals surface area contributed by atoms with Crippen LogP contribution in [0.4, 0.5) is 0 Å². The smallest absolute Gasteiger partial charge is 0.0305 e. The highest BCUT2D eigenvalue weighted by molar-refractivity contribution is 6.20. The van der Waals surface area contributed by atoms with Gasteiger partial charge < -0.3 is 0 Å². The molecule has 0 nitrogen and oxygen atoms in total. The third-order valence-electron chi connectivity index (χ3n) is 1.57. The van der Waals surface area contributed by atoms with Crippen molar-refractivity contribution < 1.29 is 0 Å². The molecule has 0 aromatic heterocycles. The van der Waals surface area contributed by atoms with Crippen LogP contribution >= 0.6 is 46.4 Å². The van der Waals surface area contributed by atoms with Crippen molar-refractivity contribution in [2.75, 3.05) is 17.6 Å². The van der Waals surface area contributed by atoms with Crippen molar-refractivity contribution >= 4 is 46.4 Å². The van der Waals surface area contributed by atoms with Crippen LogP contribution in [-0.4, -0.2) is 23.0 Å². The summed E-state index contributed by atoms with van der Waals surface area (Å²) in [4.78, 5) is 0. The minimum Gasteiger partial charge on any atom is -0.127 e. The van der Waals surface area contributed by atoms with E-state index < -0.39 is 0 Å². The Morgan fingerprint density at radius 3 is 1.19 bits per heavy atom. The minimum atomic E-state index is 0.356. The second-order valence-electron chi connectivity index (χ2n) is 3.32. The van der Waals surface area contributed by atoms with E-state index in [-0.39, 0.29) is 0 Å². The van der Waals surface area contributed by atoms with Crippen LogP contribution in [0, 0.1) is 0 Å². The van der Waals surface area contributed by atoms with Gasteiger partial charge in [0, 0.05) is 23.0 Å². The molecule has 1 unspecified atom stereocenters. The number of unbranched alkanes of at least 4 members (excludes halogenated alkanes) is 2. The Labute approximate surface area is 122 Å². The van der Waals surface area contributed by atoms with E-state index in [9.17, 15) is 0 Å². The first kappa shape index (κ1) is 22.3. The van der Waals surface area contributed by atoms with Gasteiger partial charge in [0.2, 0.25) is 0 Å². The molecule has 0 fully saturated rings. The quantitative estimate of drug-likeness (QED) is 0.399. The lowest BCUT2D eigenvalue weighted by atomic mass is 10.4. The molecule has 0 aromatic carbocycles. The van der Waals surface area contributed by atoms with Gasteiger partial charge >= 0.3 is 0 Å². The van der Waals surface area contributed by atoms with E-state index >= 15 is 0 Å². The van der Waals surface area contributed by atoms with E-state index in [1.807, 2.05) is 6.92 Å². The monoisotopic (exact) mass is 310 g/mol. The van der Waals surface area contributed by atoms with Gasteiger partial charge in [0.25, 0.3) is 0 Å². The van der Waals surface area contributed by atoms with Crippen molar-refractivity contribution in [1.29, 1.82) is 0 Å². The predicted octanol–water partition coefficient (Wildman–Crippen LogP) is 6.29. The summed E-state index contributed by atoms with van der Waals surface area (Å²) in [5.41, 5.74) is 0. The second-order valence-corrected chi connectivity index (χ2v) is 5.20. The number of halogens is 4. The largest absolute Gasteiger partial charge is 0.127 e. The van der Waals surface area contributed by atoms with Gasteiger partial charge in [-0.1, -0.05) is 20.3 Å². The zero-order valence-electron chi connectivity index (χ0n) is 10.7. The molecule has 0 saturated carbocycles. The maximum absolute atomic E-state index is 5.46. The fourth-order valence-electron chi connectivity index (χ4n) is 0.323. The van der Waals surface area contributed by atoms with E-state index in [1.165, 1.54) is 6.42 Å². The molecular weight excluding hydrogens is 286 g/mol. The zero-order valence-corrected chi connectivity index (χ0v) is 13.8. The van der Waals surface area contributed by atoms with Crippen molar-refractivity contribution in [2.45, 2.75) is 58.3 Å². The Kier molecular flexibility index (Phi) is 35.1. The first-order valence-corrected chi connectivity index (χ1v) is 7.96. The molecule has 0 saturated heterocycles. The van der Waals surface area contributed by atoms with E-state index in [0.29, 0.717) is 5.38 Å². The van der Waals surface area contributed by atoms with Crippen LogP contribution in [0.3, 0.4) is 0 Å². The van der Waals surface area contributed by atoms with Gasteiger partial charge in [0.1, 0.15) is 0 Å². The topological polar surface area (TPSA) is 0 Å². The maximum Gasteiger partial charge on any atom is 0.0305 e. The summed E-state index contributed by atoms with van der Waals surface area (Å²) in [5.74, 6) is 2.30. The number of hydrogen-bond acceptors (Lipinski definition) is 0. The average molecular weight is 312 g/mol. The SMILES string of the molecule is CCC(C)Cl.CCCCCl.ClCCCCCl. The Balaban J connectivity index is -0.000000160. The predicted molar refractivity (Wildman–Crippen MR) is 81.9 cm³/mol. The van der Waals surface area contributed by atoms with Gasteiger partial charge in [-0.15, -0.1) is 46.4 Å². The van der Waals surface area contributed by atoms with Gasteiger partial charge in [0.05, 0.1) is 0 Å². The molecule has 0 heterocycles. The Hall–Kier alpha value is 1.16. The van der Waals surface area contributed by atoms with E-state index in [1.54, 1.807) is 0 Å². The Morgan fingerprint density at radius 1 is 0.812 bits per heavy atom. The molecule has 0 aliphatic heterocycles. The molecule has 0 aliphatic rings. The molecule has 16 heavy (non-hydrogen) atoms. The summed E-state index contributed by atoms with van der Waals surface area (Å²) in [5, 5.41) is 0.356. The molecule has 0 aliphatic carbocycles. The fraction of sp³-hybridized carbons (Fsp3) is 1.00. The molecule has 102 valence electrons. The fourth-order valence-corrected chi connectivity index (χ4v) is 0.968. The standard InChI is InChI=1S/C4H8Cl2.2C4H9Cl/c5-3-1-2-4-6;1-3-4(2)5;1-2-3-4-5/h1-4H2;4H,3H2,1-2H3;2-4H2,1H3. The van der Waals surface area contributed by atoms with Crippen molar-refractivity contribution in [1.82, 2.24) is 0 Å². The Bertz CT molecular complexity index is 81.1. The van der Waals surface area contributed by atoms with Crippen LogP contribution in [0.5, 0.6) is 0 Å². The average Bonchev–Trinajstić information content (AvgIpc) is 2.29. The lowest BCUT2D eigenvalue weighted by Gasteiger charge is -1.87. The molecule has 0 amide bonds. The molecule has 0 bridgehead atoms. The minimum absolute atomic E-state index is 0.356. The van der Waals surface area contributed by atoms with Crippen LogP contribution in [0.1, 0.15) is 52.9 Å². The summed E-state index contributed by atoms with van der Waals surface area (Å²) in [7, 11) is 0. The highest BCUT2D eigenvalue weighted by atomic mass is 35.5. The highest BCUT2D eigenvalue weighted by Crippen LogP contribution is 1.95. The summed E-state index contributed by atoms with van der Waals surface area (Å²) in [6, 6.07) is 0. The first-order valence-electron chi connectivity index (χ1n) is 5.92. The first-order chi connectivity index (χ1) is 7.60. The summed E-state index contributed by atoms with van der Waals surface area (Å²) in [6.07, 6.45) is 5.53. The third-order valence-corrected chi connectivity index (χ3v) is 2.68. The normalized spacial score (nSPS) is 10.7. The lowest BCUT2D eigenvalue weighted by Crippen LogP contribution is -1.81. The van der Waals surface area contributed by atoms with Gasteiger partial charge in [-0.3, -0.25) is 0 Å². The van der Waals surface area contributed by atoms with Crippen molar-refractivity contribution in [3.8, 4) is 0 Å². The molecule has 0 spiro atoms. The van der Waals surface area contributed by atoms with Gasteiger partial charge in [-0.25, -0.2) is 0 Å². The third kappa shape index (κ3) is 45.7. The van der Waals surface area contributed by atoms with Crippen LogP contribution in [0.15, 0.2) is 0 Å². The number of alkyl halides is 4. The van der Waals surface area contributed by atoms with E-state index in [4.69, 9.17) is 46.4 Å². The van der Waals surface area contributed by atoms with Crippen LogP contribution in [0.25, 0.3) is 0 Å². The molecule has 0 radical (unpaired) electrons. The summed E-state index contributed by atoms with van der Waals surface area (Å²) < 4.78 is 0. The number of hydrogen-bond donors (Lipinski definition) is 0. The van der Waals surface area contributed by atoms with E-state index in [0.717, 1.165) is 43.3 Å². The molecular formula is C12H26Cl4. The molecule has 0 rings (SSSR count). The zero-order chi connectivity index (χ0) is 13.2. The van der Waals surface area contributed by atoms with Gasteiger partial charge in [0.15, 0.2) is 0 Å². The van der Waals surface area contributed by atoms with Crippen LogP contribution < -0.4 is 0 Å². The Morgan fingerprint density at radius 2 is 1.12 bits per heavy atom. The van der Waals surface area contributed by atoms with Crippen molar-refractivity contribution in [2.24, 2.45) is 0 Å². The lowest BCUT2D eigenvalue weighted by molar-refractivity contribution is 0.892. The van der Waals surface area contributed by atoms with Gasteiger partial charge in [-0.05, 0) is 32.6 Å². The number of rotatable bonds is 6. The van der Waals surface area contributed by atoms with Crippen LogP contribution in [-0.2, 0) is 0 Å².